The number of hydrogen-bond acceptors (Lipinski definition) is 5. The number of para-hydroxylation sites is 2. The van der Waals surface area contributed by atoms with Crippen molar-refractivity contribution in [3.8, 4) is 16.8 Å². The lowest BCUT2D eigenvalue weighted by Crippen LogP contribution is -2.33. The van der Waals surface area contributed by atoms with Gasteiger partial charge in [-0.05, 0) is 47.5 Å². The van der Waals surface area contributed by atoms with Crippen LogP contribution in [0, 0.1) is 0 Å². The number of rotatable bonds is 5. The molecule has 11 aromatic rings. The van der Waals surface area contributed by atoms with Crippen LogP contribution in [-0.4, -0.2) is 16.2 Å². The van der Waals surface area contributed by atoms with Crippen molar-refractivity contribution in [2.24, 2.45) is 9.98 Å². The van der Waals surface area contributed by atoms with Crippen molar-refractivity contribution >= 4 is 96.5 Å². The second-order valence-corrected chi connectivity index (χ2v) is 16.7. The summed E-state index contributed by atoms with van der Waals surface area (Å²) in [5.74, 6) is 1.56. The van der Waals surface area contributed by atoms with Gasteiger partial charge in [0.1, 0.15) is 12.0 Å². The quantitative estimate of drug-likeness (QED) is 0.186. The number of hydrogen-bond donors (Lipinski definition) is 1. The van der Waals surface area contributed by atoms with E-state index in [1.165, 1.54) is 79.0 Å². The van der Waals surface area contributed by atoms with Crippen LogP contribution in [0.15, 0.2) is 192 Å². The zero-order chi connectivity index (χ0) is 37.5. The predicted molar refractivity (Wildman–Crippen MR) is 244 cm³/mol. The molecule has 4 nitrogen and oxygen atoms in total. The molecule has 1 aliphatic rings. The maximum Gasteiger partial charge on any atom is 0.159 e. The minimum absolute atomic E-state index is 0.288. The van der Waals surface area contributed by atoms with E-state index in [4.69, 9.17) is 9.98 Å². The fourth-order valence-corrected chi connectivity index (χ4v) is 11.1. The van der Waals surface area contributed by atoms with Gasteiger partial charge in [0.2, 0.25) is 0 Å². The third-order valence-electron chi connectivity index (χ3n) is 11.3. The van der Waals surface area contributed by atoms with Crippen LogP contribution in [0.4, 0.5) is 0 Å². The van der Waals surface area contributed by atoms with Gasteiger partial charge in [-0.1, -0.05) is 146 Å². The largest absolute Gasteiger partial charge is 0.344 e. The van der Waals surface area contributed by atoms with Crippen LogP contribution in [0.1, 0.15) is 22.9 Å². The fraction of sp³-hybridized carbons (Fsp3) is 0.0196. The molecule has 0 saturated carbocycles. The molecule has 0 bridgehead atoms. The van der Waals surface area contributed by atoms with Crippen LogP contribution < -0.4 is 5.32 Å². The number of benzene rings is 8. The van der Waals surface area contributed by atoms with Gasteiger partial charge in [-0.25, -0.2) is 9.98 Å². The van der Waals surface area contributed by atoms with Crippen molar-refractivity contribution in [3.05, 3.63) is 199 Å². The molecule has 6 heteroatoms. The molecular weight excluding hydrogens is 733 g/mol. The van der Waals surface area contributed by atoms with E-state index in [1.807, 2.05) is 46.9 Å². The molecular formula is C51H32N4S2. The molecule has 268 valence electrons. The predicted octanol–water partition coefficient (Wildman–Crippen LogP) is 13.7. The molecule has 1 N–H and O–H groups in total. The van der Waals surface area contributed by atoms with Crippen LogP contribution in [0.5, 0.6) is 0 Å². The van der Waals surface area contributed by atoms with Gasteiger partial charge in [0.15, 0.2) is 5.84 Å². The second-order valence-electron chi connectivity index (χ2n) is 14.6. The van der Waals surface area contributed by atoms with E-state index >= 15 is 0 Å². The Bertz CT molecular complexity index is 3390. The lowest BCUT2D eigenvalue weighted by molar-refractivity contribution is 0.680. The Hall–Kier alpha value is -6.86. The monoisotopic (exact) mass is 764 g/mol. The minimum Gasteiger partial charge on any atom is -0.344 e. The van der Waals surface area contributed by atoms with E-state index < -0.39 is 0 Å². The molecule has 57 heavy (non-hydrogen) atoms. The van der Waals surface area contributed by atoms with Crippen LogP contribution in [0.25, 0.3) is 79.0 Å². The highest BCUT2D eigenvalue weighted by atomic mass is 32.1. The fourth-order valence-electron chi connectivity index (χ4n) is 8.63. The van der Waals surface area contributed by atoms with Crippen molar-refractivity contribution in [1.29, 1.82) is 0 Å². The molecule has 0 spiro atoms. The summed E-state index contributed by atoms with van der Waals surface area (Å²) in [5.41, 5.74) is 9.33. The molecule has 1 unspecified atom stereocenters. The average Bonchev–Trinajstić information content (AvgIpc) is 3.96. The number of aromatic nitrogens is 1. The van der Waals surface area contributed by atoms with Gasteiger partial charge in [-0.15, -0.1) is 22.7 Å². The Balaban J connectivity index is 0.967. The van der Waals surface area contributed by atoms with E-state index in [9.17, 15) is 0 Å². The third kappa shape index (κ3) is 5.18. The smallest absolute Gasteiger partial charge is 0.159 e. The molecule has 4 heterocycles. The molecule has 0 radical (unpaired) electrons. The Morgan fingerprint density at radius 2 is 1.11 bits per heavy atom. The van der Waals surface area contributed by atoms with Crippen molar-refractivity contribution in [1.82, 2.24) is 9.88 Å². The highest BCUT2D eigenvalue weighted by Crippen LogP contribution is 2.45. The van der Waals surface area contributed by atoms with E-state index in [1.54, 1.807) is 0 Å². The SMILES string of the molecule is c1ccc(C2=NC(c3cccc4c3sc3ccc(-c5cccc6c5sc5cc(-n7c8ccccc8c8ccccc87)ccc56)cc34)NC(c3ccccc3)=N2)cc1. The highest BCUT2D eigenvalue weighted by Gasteiger charge is 2.24. The van der Waals surface area contributed by atoms with Gasteiger partial charge in [0, 0.05) is 73.5 Å². The maximum atomic E-state index is 5.22. The summed E-state index contributed by atoms with van der Waals surface area (Å²) >= 11 is 3.73. The Morgan fingerprint density at radius 3 is 1.88 bits per heavy atom. The Kier molecular flexibility index (Phi) is 7.30. The molecule has 0 fully saturated rings. The Morgan fingerprint density at radius 1 is 0.456 bits per heavy atom. The van der Waals surface area contributed by atoms with Crippen LogP contribution in [0.2, 0.25) is 0 Å². The summed E-state index contributed by atoms with van der Waals surface area (Å²) in [6, 6.07) is 65.4. The summed E-state index contributed by atoms with van der Waals surface area (Å²) in [6.07, 6.45) is -0.288. The van der Waals surface area contributed by atoms with Gasteiger partial charge in [-0.2, -0.15) is 0 Å². The number of aliphatic imine (C=N–C) groups is 2. The summed E-state index contributed by atoms with van der Waals surface area (Å²) in [5, 5.41) is 11.3. The zero-order valence-corrected chi connectivity index (χ0v) is 32.2. The van der Waals surface area contributed by atoms with Crippen molar-refractivity contribution in [3.63, 3.8) is 0 Å². The first-order valence-electron chi connectivity index (χ1n) is 19.2. The number of fused-ring (bicyclic) bond motifs is 9. The first-order valence-corrected chi connectivity index (χ1v) is 20.8. The van der Waals surface area contributed by atoms with E-state index in [0.29, 0.717) is 0 Å². The van der Waals surface area contributed by atoms with Crippen LogP contribution in [0.3, 0.4) is 0 Å². The summed E-state index contributed by atoms with van der Waals surface area (Å²) < 4.78 is 7.52. The molecule has 0 saturated heterocycles. The number of amidine groups is 2. The first kappa shape index (κ1) is 32.4. The standard InChI is InChI=1S/C51H32N4S2/c1-3-13-31(14-4-1)49-52-50(32-15-5-2-6-16-32)54-51(53-49)41-22-12-21-40-42-29-33(25-28-45(42)56-48(40)41)35-19-11-20-39-38-27-26-34(30-46(38)57-47(35)39)55-43-23-9-7-17-36(43)37-18-8-10-24-44(37)55/h1-30,51H,(H,52,53,54). The topological polar surface area (TPSA) is 41.7 Å². The summed E-state index contributed by atoms with van der Waals surface area (Å²) in [4.78, 5) is 10.2. The zero-order valence-electron chi connectivity index (χ0n) is 30.6. The summed E-state index contributed by atoms with van der Waals surface area (Å²) in [7, 11) is 0. The van der Waals surface area contributed by atoms with E-state index in [0.717, 1.165) is 28.4 Å². The third-order valence-corrected chi connectivity index (χ3v) is 13.7. The number of thiophene rings is 2. The molecule has 3 aromatic heterocycles. The highest BCUT2D eigenvalue weighted by molar-refractivity contribution is 7.26. The summed E-state index contributed by atoms with van der Waals surface area (Å²) in [6.45, 7) is 0. The number of nitrogens with one attached hydrogen (secondary N) is 1. The molecule has 12 rings (SSSR count). The van der Waals surface area contributed by atoms with Gasteiger partial charge in [0.05, 0.1) is 11.0 Å². The first-order chi connectivity index (χ1) is 28.2. The van der Waals surface area contributed by atoms with Gasteiger partial charge in [-0.3, -0.25) is 0 Å². The second kappa shape index (κ2) is 12.8. The van der Waals surface area contributed by atoms with Crippen molar-refractivity contribution in [2.45, 2.75) is 6.17 Å². The van der Waals surface area contributed by atoms with E-state index in [-0.39, 0.29) is 6.17 Å². The van der Waals surface area contributed by atoms with E-state index in [2.05, 4.69) is 168 Å². The molecule has 0 aliphatic carbocycles. The normalized spacial score (nSPS) is 14.5. The van der Waals surface area contributed by atoms with Gasteiger partial charge < -0.3 is 9.88 Å². The molecule has 1 aliphatic heterocycles. The van der Waals surface area contributed by atoms with Crippen molar-refractivity contribution in [2.75, 3.05) is 0 Å². The molecule has 8 aromatic carbocycles. The Labute approximate surface area is 336 Å². The van der Waals surface area contributed by atoms with Crippen molar-refractivity contribution < 1.29 is 0 Å². The average molecular weight is 765 g/mol. The minimum atomic E-state index is -0.288. The van der Waals surface area contributed by atoms with Crippen LogP contribution >= 0.6 is 22.7 Å². The lowest BCUT2D eigenvalue weighted by Gasteiger charge is -2.24. The van der Waals surface area contributed by atoms with Gasteiger partial charge in [0.25, 0.3) is 0 Å². The lowest BCUT2D eigenvalue weighted by atomic mass is 10.00. The van der Waals surface area contributed by atoms with Gasteiger partial charge >= 0.3 is 0 Å². The van der Waals surface area contributed by atoms with Crippen LogP contribution in [-0.2, 0) is 0 Å². The molecule has 0 amide bonds. The molecule has 1 atom stereocenters. The maximum absolute atomic E-state index is 5.22. The number of nitrogens with zero attached hydrogens (tertiary/aromatic N) is 3.